The van der Waals surface area contributed by atoms with Crippen LogP contribution in [0.25, 0.3) is 0 Å². The van der Waals surface area contributed by atoms with Crippen molar-refractivity contribution in [1.29, 1.82) is 0 Å². The van der Waals surface area contributed by atoms with Crippen LogP contribution >= 0.6 is 15.9 Å². The summed E-state index contributed by atoms with van der Waals surface area (Å²) in [5.74, 6) is 0.535. The summed E-state index contributed by atoms with van der Waals surface area (Å²) in [7, 11) is 0. The number of nitrogens with zero attached hydrogens (tertiary/aromatic N) is 1. The minimum absolute atomic E-state index is 0.185. The maximum atomic E-state index is 12.1. The zero-order valence-corrected chi connectivity index (χ0v) is 10.8. The molecule has 2 rings (SSSR count). The van der Waals surface area contributed by atoms with Gasteiger partial charge >= 0.3 is 6.36 Å². The summed E-state index contributed by atoms with van der Waals surface area (Å²) in [6.45, 7) is 0. The topological polar surface area (TPSA) is 47.6 Å². The number of amidine groups is 1. The second-order valence-corrected chi connectivity index (χ2v) is 4.83. The van der Waals surface area contributed by atoms with Gasteiger partial charge in [0, 0.05) is 5.92 Å². The number of hydrogen-bond acceptors (Lipinski definition) is 2. The van der Waals surface area contributed by atoms with E-state index in [0.29, 0.717) is 17.4 Å². The van der Waals surface area contributed by atoms with Gasteiger partial charge in [0.2, 0.25) is 0 Å². The predicted molar refractivity (Wildman–Crippen MR) is 64.8 cm³/mol. The molecule has 0 heterocycles. The lowest BCUT2D eigenvalue weighted by Gasteiger charge is -2.10. The third kappa shape index (κ3) is 3.63. The molecule has 1 aromatic carbocycles. The van der Waals surface area contributed by atoms with Crippen molar-refractivity contribution in [3.05, 3.63) is 22.7 Å². The molecule has 1 aliphatic rings. The van der Waals surface area contributed by atoms with Crippen LogP contribution < -0.4 is 10.5 Å². The SMILES string of the molecule is NC(=Nc1ccc(OC(F)(F)F)c(Br)c1)C1CC1. The molecule has 1 fully saturated rings. The molecule has 1 aliphatic carbocycles. The van der Waals surface area contributed by atoms with Crippen molar-refractivity contribution in [2.24, 2.45) is 16.6 Å². The highest BCUT2D eigenvalue weighted by atomic mass is 79.9. The van der Waals surface area contributed by atoms with E-state index < -0.39 is 6.36 Å². The highest BCUT2D eigenvalue weighted by Gasteiger charge is 2.32. The molecule has 0 atom stereocenters. The maximum absolute atomic E-state index is 12.1. The van der Waals surface area contributed by atoms with Gasteiger partial charge < -0.3 is 10.5 Å². The van der Waals surface area contributed by atoms with Gasteiger partial charge in [0.25, 0.3) is 0 Å². The van der Waals surface area contributed by atoms with Gasteiger partial charge in [-0.05, 0) is 47.0 Å². The van der Waals surface area contributed by atoms with E-state index in [1.54, 1.807) is 0 Å². The Hall–Kier alpha value is -1.24. The van der Waals surface area contributed by atoms with Gasteiger partial charge in [0.15, 0.2) is 0 Å². The molecule has 0 spiro atoms. The lowest BCUT2D eigenvalue weighted by molar-refractivity contribution is -0.274. The van der Waals surface area contributed by atoms with Crippen molar-refractivity contribution in [1.82, 2.24) is 0 Å². The molecule has 0 aromatic heterocycles. The van der Waals surface area contributed by atoms with Crippen LogP contribution in [0.1, 0.15) is 12.8 Å². The Morgan fingerprint density at radius 1 is 1.39 bits per heavy atom. The van der Waals surface area contributed by atoms with E-state index in [1.165, 1.54) is 18.2 Å². The number of nitrogens with two attached hydrogens (primary N) is 1. The van der Waals surface area contributed by atoms with Gasteiger partial charge in [-0.25, -0.2) is 4.99 Å². The molecular weight excluding hydrogens is 313 g/mol. The highest BCUT2D eigenvalue weighted by molar-refractivity contribution is 9.10. The summed E-state index contributed by atoms with van der Waals surface area (Å²) in [5, 5.41) is 0. The van der Waals surface area contributed by atoms with Crippen LogP contribution in [-0.2, 0) is 0 Å². The van der Waals surface area contributed by atoms with E-state index in [1.807, 2.05) is 0 Å². The van der Waals surface area contributed by atoms with Gasteiger partial charge in [-0.1, -0.05) is 0 Å². The highest BCUT2D eigenvalue weighted by Crippen LogP contribution is 2.34. The fourth-order valence-electron chi connectivity index (χ4n) is 1.39. The summed E-state index contributed by atoms with van der Waals surface area (Å²) in [5.41, 5.74) is 6.23. The van der Waals surface area contributed by atoms with Crippen molar-refractivity contribution in [2.45, 2.75) is 19.2 Å². The fourth-order valence-corrected chi connectivity index (χ4v) is 1.83. The first-order chi connectivity index (χ1) is 8.35. The number of rotatable bonds is 3. The number of halogens is 4. The van der Waals surface area contributed by atoms with E-state index in [-0.39, 0.29) is 10.2 Å². The number of ether oxygens (including phenoxy) is 1. The minimum atomic E-state index is -4.71. The minimum Gasteiger partial charge on any atom is -0.405 e. The van der Waals surface area contributed by atoms with Crippen LogP contribution in [0, 0.1) is 5.92 Å². The molecule has 0 bridgehead atoms. The van der Waals surface area contributed by atoms with Gasteiger partial charge in [0.1, 0.15) is 11.6 Å². The predicted octanol–water partition coefficient (Wildman–Crippen LogP) is 3.75. The Labute approximate surface area is 110 Å². The molecule has 98 valence electrons. The number of alkyl halides is 3. The average molecular weight is 323 g/mol. The molecule has 0 unspecified atom stereocenters. The first-order valence-corrected chi connectivity index (χ1v) is 6.04. The fraction of sp³-hybridized carbons (Fsp3) is 0.364. The van der Waals surface area contributed by atoms with E-state index in [2.05, 4.69) is 25.7 Å². The smallest absolute Gasteiger partial charge is 0.405 e. The molecule has 1 aromatic rings. The molecular formula is C11H10BrF3N2O. The van der Waals surface area contributed by atoms with E-state index in [9.17, 15) is 13.2 Å². The Balaban J connectivity index is 2.16. The molecule has 0 saturated heterocycles. The van der Waals surface area contributed by atoms with Gasteiger partial charge in [-0.2, -0.15) is 0 Å². The quantitative estimate of drug-likeness (QED) is 0.680. The van der Waals surface area contributed by atoms with Crippen molar-refractivity contribution in [3.8, 4) is 5.75 Å². The molecule has 18 heavy (non-hydrogen) atoms. The normalized spacial score (nSPS) is 16.8. The van der Waals surface area contributed by atoms with Crippen molar-refractivity contribution in [3.63, 3.8) is 0 Å². The summed E-state index contributed by atoms with van der Waals surface area (Å²) in [6.07, 6.45) is -2.67. The zero-order chi connectivity index (χ0) is 13.3. The molecule has 2 N–H and O–H groups in total. The summed E-state index contributed by atoms with van der Waals surface area (Å²) in [4.78, 5) is 4.15. The molecule has 0 amide bonds. The molecule has 0 aliphatic heterocycles. The molecule has 0 radical (unpaired) electrons. The Kier molecular flexibility index (Phi) is 3.52. The van der Waals surface area contributed by atoms with Crippen LogP contribution in [-0.4, -0.2) is 12.2 Å². The van der Waals surface area contributed by atoms with Crippen molar-refractivity contribution >= 4 is 27.5 Å². The van der Waals surface area contributed by atoms with E-state index >= 15 is 0 Å². The van der Waals surface area contributed by atoms with Crippen molar-refractivity contribution in [2.75, 3.05) is 0 Å². The number of hydrogen-bond donors (Lipinski definition) is 1. The third-order valence-electron chi connectivity index (χ3n) is 2.39. The third-order valence-corrected chi connectivity index (χ3v) is 3.01. The summed E-state index contributed by atoms with van der Waals surface area (Å²) < 4.78 is 40.2. The van der Waals surface area contributed by atoms with Crippen LogP contribution in [0.15, 0.2) is 27.7 Å². The van der Waals surface area contributed by atoms with Crippen molar-refractivity contribution < 1.29 is 17.9 Å². The largest absolute Gasteiger partial charge is 0.573 e. The average Bonchev–Trinajstić information content (AvgIpc) is 3.03. The van der Waals surface area contributed by atoms with Crippen LogP contribution in [0.5, 0.6) is 5.75 Å². The number of aliphatic imine (C=N–C) groups is 1. The second kappa shape index (κ2) is 4.79. The maximum Gasteiger partial charge on any atom is 0.573 e. The van der Waals surface area contributed by atoms with Crippen LogP contribution in [0.2, 0.25) is 0 Å². The Morgan fingerprint density at radius 3 is 2.56 bits per heavy atom. The first-order valence-electron chi connectivity index (χ1n) is 5.24. The monoisotopic (exact) mass is 322 g/mol. The van der Waals surface area contributed by atoms with Gasteiger partial charge in [-0.15, -0.1) is 13.2 Å². The van der Waals surface area contributed by atoms with E-state index in [0.717, 1.165) is 12.8 Å². The van der Waals surface area contributed by atoms with Gasteiger partial charge in [0.05, 0.1) is 10.2 Å². The lowest BCUT2D eigenvalue weighted by atomic mass is 10.3. The molecule has 1 saturated carbocycles. The summed E-state index contributed by atoms with van der Waals surface area (Å²) >= 11 is 3.01. The summed E-state index contributed by atoms with van der Waals surface area (Å²) in [6, 6.07) is 4.08. The zero-order valence-electron chi connectivity index (χ0n) is 9.17. The Bertz CT molecular complexity index is 484. The molecule has 3 nitrogen and oxygen atoms in total. The lowest BCUT2D eigenvalue weighted by Crippen LogP contribution is -2.17. The Morgan fingerprint density at radius 2 is 2.06 bits per heavy atom. The molecule has 7 heteroatoms. The number of benzene rings is 1. The van der Waals surface area contributed by atoms with E-state index in [4.69, 9.17) is 5.73 Å². The van der Waals surface area contributed by atoms with Crippen LogP contribution in [0.3, 0.4) is 0 Å². The second-order valence-electron chi connectivity index (χ2n) is 3.97. The van der Waals surface area contributed by atoms with Crippen LogP contribution in [0.4, 0.5) is 18.9 Å². The van der Waals surface area contributed by atoms with Gasteiger partial charge in [-0.3, -0.25) is 0 Å². The standard InChI is InChI=1S/C11H10BrF3N2O/c12-8-5-7(17-10(16)6-1-2-6)3-4-9(8)18-11(13,14)15/h3-6H,1-2H2,(H2,16,17). The first kappa shape index (κ1) is 13.2.